The molecule has 0 N–H and O–H groups in total. The number of fused-ring (bicyclic) bond motifs is 8. The summed E-state index contributed by atoms with van der Waals surface area (Å²) in [7, 11) is 0. The van der Waals surface area contributed by atoms with Crippen LogP contribution in [0.3, 0.4) is 0 Å². The van der Waals surface area contributed by atoms with Gasteiger partial charge in [-0.1, -0.05) is 158 Å². The second kappa shape index (κ2) is 13.9. The highest BCUT2D eigenvalue weighted by molar-refractivity contribution is 6.11. The maximum atomic E-state index is 6.74. The van der Waals surface area contributed by atoms with E-state index in [9.17, 15) is 0 Å². The molecule has 0 amide bonds. The summed E-state index contributed by atoms with van der Waals surface area (Å²) < 4.78 is 13.4. The Balaban J connectivity index is 0.955. The molecule has 284 valence electrons. The van der Waals surface area contributed by atoms with Gasteiger partial charge in [-0.15, -0.1) is 0 Å². The highest BCUT2D eigenvalue weighted by atomic mass is 16.5. The van der Waals surface area contributed by atoms with E-state index in [0.717, 1.165) is 72.9 Å². The molecule has 60 heavy (non-hydrogen) atoms. The van der Waals surface area contributed by atoms with Gasteiger partial charge in [-0.3, -0.25) is 0 Å². The first-order chi connectivity index (χ1) is 29.8. The van der Waals surface area contributed by atoms with Crippen LogP contribution < -0.4 is 14.5 Å². The van der Waals surface area contributed by atoms with Crippen molar-refractivity contribution < 1.29 is 9.15 Å². The molecule has 2 atom stereocenters. The molecular weight excluding hydrogens is 733 g/mol. The zero-order valence-corrected chi connectivity index (χ0v) is 32.7. The minimum absolute atomic E-state index is 0.00552. The average molecular weight is 771 g/mol. The number of furan rings is 1. The second-order valence-electron chi connectivity index (χ2n) is 15.6. The van der Waals surface area contributed by atoms with Crippen molar-refractivity contribution in [2.24, 2.45) is 0 Å². The van der Waals surface area contributed by atoms with Gasteiger partial charge in [0.15, 0.2) is 5.58 Å². The molecule has 1 aliphatic heterocycles. The molecule has 1 aliphatic carbocycles. The minimum Gasteiger partial charge on any atom is -0.483 e. The Labute approximate surface area is 348 Å². The lowest BCUT2D eigenvalue weighted by Crippen LogP contribution is -2.16. The first-order valence-electron chi connectivity index (χ1n) is 20.6. The van der Waals surface area contributed by atoms with Crippen LogP contribution in [0.2, 0.25) is 0 Å². The van der Waals surface area contributed by atoms with Crippen LogP contribution in [0.25, 0.3) is 54.6 Å². The molecular formula is C56H38N2O2. The first kappa shape index (κ1) is 34.2. The van der Waals surface area contributed by atoms with Crippen LogP contribution in [-0.2, 0) is 0 Å². The number of ether oxygens (including phenoxy) is 1. The van der Waals surface area contributed by atoms with E-state index in [-0.39, 0.29) is 12.0 Å². The molecule has 2 heterocycles. The van der Waals surface area contributed by atoms with E-state index in [0.29, 0.717) is 0 Å². The summed E-state index contributed by atoms with van der Waals surface area (Å²) in [5.41, 5.74) is 11.6. The molecule has 0 fully saturated rings. The van der Waals surface area contributed by atoms with Gasteiger partial charge >= 0.3 is 0 Å². The summed E-state index contributed by atoms with van der Waals surface area (Å²) in [6.07, 6.45) is 8.62. The lowest BCUT2D eigenvalue weighted by Gasteiger charge is -2.28. The maximum Gasteiger partial charge on any atom is 0.159 e. The SMILES string of the molecule is C1=CC2Oc3c(cccc3N(c3ccc(-c4ccc(N(c5cccc6ccccc56)c5cccc6c5oc5ccccc56)cc4)cc3)c3cccc4ccccc34)C2C=C1. The van der Waals surface area contributed by atoms with Crippen LogP contribution in [0.1, 0.15) is 11.5 Å². The number of anilines is 6. The van der Waals surface area contributed by atoms with Gasteiger partial charge < -0.3 is 19.0 Å². The van der Waals surface area contributed by atoms with Crippen molar-refractivity contribution in [3.63, 3.8) is 0 Å². The Morgan fingerprint density at radius 2 is 0.883 bits per heavy atom. The summed E-state index contributed by atoms with van der Waals surface area (Å²) in [6.45, 7) is 0. The van der Waals surface area contributed by atoms with Crippen molar-refractivity contribution in [3.8, 4) is 16.9 Å². The second-order valence-corrected chi connectivity index (χ2v) is 15.6. The predicted molar refractivity (Wildman–Crippen MR) is 249 cm³/mol. The smallest absolute Gasteiger partial charge is 0.159 e. The van der Waals surface area contributed by atoms with Crippen molar-refractivity contribution in [1.29, 1.82) is 0 Å². The van der Waals surface area contributed by atoms with Crippen molar-refractivity contribution >= 4 is 77.6 Å². The van der Waals surface area contributed by atoms with E-state index in [2.05, 4.69) is 216 Å². The van der Waals surface area contributed by atoms with E-state index in [4.69, 9.17) is 9.15 Å². The highest BCUT2D eigenvalue weighted by Gasteiger charge is 2.35. The summed E-state index contributed by atoms with van der Waals surface area (Å²) in [4.78, 5) is 4.70. The van der Waals surface area contributed by atoms with Crippen molar-refractivity contribution in [2.75, 3.05) is 9.80 Å². The molecule has 4 heteroatoms. The number of hydrogen-bond acceptors (Lipinski definition) is 4. The third kappa shape index (κ3) is 5.53. The molecule has 0 saturated carbocycles. The Hall–Kier alpha value is -7.82. The van der Waals surface area contributed by atoms with Gasteiger partial charge in [-0.2, -0.15) is 0 Å². The molecule has 2 unspecified atom stereocenters. The summed E-state index contributed by atoms with van der Waals surface area (Å²) in [5, 5.41) is 6.94. The van der Waals surface area contributed by atoms with Gasteiger partial charge in [-0.05, 0) is 82.6 Å². The zero-order chi connectivity index (χ0) is 39.6. The molecule has 0 bridgehead atoms. The zero-order valence-electron chi connectivity index (χ0n) is 32.7. The van der Waals surface area contributed by atoms with Crippen LogP contribution in [0.4, 0.5) is 34.1 Å². The van der Waals surface area contributed by atoms with E-state index >= 15 is 0 Å². The molecule has 0 radical (unpaired) electrons. The average Bonchev–Trinajstić information content (AvgIpc) is 3.90. The topological polar surface area (TPSA) is 28.9 Å². The van der Waals surface area contributed by atoms with E-state index < -0.39 is 0 Å². The van der Waals surface area contributed by atoms with E-state index in [1.54, 1.807) is 0 Å². The Morgan fingerprint density at radius 3 is 1.57 bits per heavy atom. The lowest BCUT2D eigenvalue weighted by atomic mass is 9.91. The largest absolute Gasteiger partial charge is 0.483 e. The van der Waals surface area contributed by atoms with Crippen molar-refractivity contribution in [1.82, 2.24) is 0 Å². The molecule has 10 aromatic rings. The number of hydrogen-bond donors (Lipinski definition) is 0. The Morgan fingerprint density at radius 1 is 0.383 bits per heavy atom. The number of nitrogens with zero attached hydrogens (tertiary/aromatic N) is 2. The quantitative estimate of drug-likeness (QED) is 0.161. The van der Waals surface area contributed by atoms with E-state index in [1.165, 1.54) is 27.1 Å². The molecule has 12 rings (SSSR count). The third-order valence-electron chi connectivity index (χ3n) is 12.2. The molecule has 0 spiro atoms. The van der Waals surface area contributed by atoms with Crippen LogP contribution in [0, 0.1) is 0 Å². The van der Waals surface area contributed by atoms with Gasteiger partial charge in [0, 0.05) is 44.4 Å². The summed E-state index contributed by atoms with van der Waals surface area (Å²) >= 11 is 0. The molecule has 2 aliphatic rings. The Bertz CT molecular complexity index is 3310. The molecule has 4 nitrogen and oxygen atoms in total. The summed E-state index contributed by atoms with van der Waals surface area (Å²) in [6, 6.07) is 69.3. The molecule has 9 aromatic carbocycles. The monoisotopic (exact) mass is 770 g/mol. The maximum absolute atomic E-state index is 6.74. The number of benzene rings is 9. The predicted octanol–water partition coefficient (Wildman–Crippen LogP) is 15.5. The molecule has 1 aromatic heterocycles. The van der Waals surface area contributed by atoms with Crippen molar-refractivity contribution in [2.45, 2.75) is 12.0 Å². The van der Waals surface area contributed by atoms with Gasteiger partial charge in [0.25, 0.3) is 0 Å². The van der Waals surface area contributed by atoms with E-state index in [1.807, 2.05) is 12.1 Å². The van der Waals surface area contributed by atoms with Gasteiger partial charge in [0.1, 0.15) is 17.4 Å². The van der Waals surface area contributed by atoms with Crippen LogP contribution in [0.15, 0.2) is 223 Å². The van der Waals surface area contributed by atoms with Gasteiger partial charge in [-0.25, -0.2) is 0 Å². The van der Waals surface area contributed by atoms with Crippen molar-refractivity contribution in [3.05, 3.63) is 224 Å². The normalized spacial score (nSPS) is 15.3. The Kier molecular flexibility index (Phi) is 7.95. The number of rotatable bonds is 7. The lowest BCUT2D eigenvalue weighted by molar-refractivity contribution is 0.269. The van der Waals surface area contributed by atoms with Crippen LogP contribution in [-0.4, -0.2) is 6.10 Å². The van der Waals surface area contributed by atoms with Gasteiger partial charge in [0.05, 0.1) is 22.7 Å². The van der Waals surface area contributed by atoms with Crippen LogP contribution >= 0.6 is 0 Å². The fourth-order valence-electron chi connectivity index (χ4n) is 9.36. The third-order valence-corrected chi connectivity index (χ3v) is 12.2. The number of para-hydroxylation sites is 3. The summed E-state index contributed by atoms with van der Waals surface area (Å²) in [5.74, 6) is 1.14. The molecule has 0 saturated heterocycles. The highest BCUT2D eigenvalue weighted by Crippen LogP contribution is 2.51. The fraction of sp³-hybridized carbons (Fsp3) is 0.0357. The minimum atomic E-state index is -0.00552. The standard InChI is InChI=1S/C56H38N2O2/c1-3-17-43-39(13-1)15-9-23-49(43)57(51-25-11-21-47-45-19-5-7-27-53(45)59-55(47)51)41-33-29-37(30-34-41)38-31-35-42(36-32-38)58(50-24-10-16-40-14-2-4-18-44(40)50)52-26-12-22-48-46-20-6-8-28-54(46)60-56(48)52/h1-36,45,53H. The number of allylic oxidation sites excluding steroid dienone is 2. The van der Waals surface area contributed by atoms with Gasteiger partial charge in [0.2, 0.25) is 0 Å². The fourth-order valence-corrected chi connectivity index (χ4v) is 9.36. The first-order valence-corrected chi connectivity index (χ1v) is 20.6. The van der Waals surface area contributed by atoms with Crippen LogP contribution in [0.5, 0.6) is 5.75 Å².